The number of hydrogen-bond donors (Lipinski definition) is 1. The van der Waals surface area contributed by atoms with Gasteiger partial charge in [0, 0.05) is 25.0 Å². The first-order valence-electron chi connectivity index (χ1n) is 6.79. The summed E-state index contributed by atoms with van der Waals surface area (Å²) < 4.78 is 0. The standard InChI is InChI=1S/C13H24N2O/c1-11-5-2-3-9-15(11)10-8-14-13(16)12-6-4-7-12/h11-12H,2-10H2,1H3,(H,14,16)/t11-/m0/s1. The summed E-state index contributed by atoms with van der Waals surface area (Å²) in [6, 6.07) is 0.703. The second kappa shape index (κ2) is 5.67. The molecule has 1 saturated heterocycles. The number of rotatable bonds is 4. The molecular formula is C13H24N2O. The summed E-state index contributed by atoms with van der Waals surface area (Å²) in [7, 11) is 0. The van der Waals surface area contributed by atoms with Crippen molar-refractivity contribution in [1.29, 1.82) is 0 Å². The maximum absolute atomic E-state index is 11.6. The van der Waals surface area contributed by atoms with E-state index >= 15 is 0 Å². The number of hydrogen-bond acceptors (Lipinski definition) is 2. The average molecular weight is 224 g/mol. The molecule has 92 valence electrons. The van der Waals surface area contributed by atoms with Crippen molar-refractivity contribution >= 4 is 5.91 Å². The van der Waals surface area contributed by atoms with Crippen LogP contribution in [0.4, 0.5) is 0 Å². The van der Waals surface area contributed by atoms with Crippen LogP contribution in [0.1, 0.15) is 45.4 Å². The summed E-state index contributed by atoms with van der Waals surface area (Å²) >= 11 is 0. The van der Waals surface area contributed by atoms with Gasteiger partial charge in [0.05, 0.1) is 0 Å². The van der Waals surface area contributed by atoms with Gasteiger partial charge in [0.2, 0.25) is 5.91 Å². The van der Waals surface area contributed by atoms with Crippen molar-refractivity contribution in [2.75, 3.05) is 19.6 Å². The molecule has 0 spiro atoms. The minimum absolute atomic E-state index is 0.288. The van der Waals surface area contributed by atoms with Crippen molar-refractivity contribution in [3.63, 3.8) is 0 Å². The van der Waals surface area contributed by atoms with Gasteiger partial charge in [-0.05, 0) is 39.2 Å². The Bertz CT molecular complexity index is 238. The fraction of sp³-hybridized carbons (Fsp3) is 0.923. The topological polar surface area (TPSA) is 32.3 Å². The van der Waals surface area contributed by atoms with Gasteiger partial charge in [-0.25, -0.2) is 0 Å². The normalized spacial score (nSPS) is 27.4. The molecule has 0 radical (unpaired) electrons. The van der Waals surface area contributed by atoms with Crippen molar-refractivity contribution in [3.8, 4) is 0 Å². The number of nitrogens with one attached hydrogen (secondary N) is 1. The highest BCUT2D eigenvalue weighted by Gasteiger charge is 2.25. The zero-order valence-electron chi connectivity index (χ0n) is 10.4. The molecule has 0 unspecified atom stereocenters. The minimum Gasteiger partial charge on any atom is -0.355 e. The van der Waals surface area contributed by atoms with Crippen molar-refractivity contribution in [3.05, 3.63) is 0 Å². The predicted molar refractivity (Wildman–Crippen MR) is 65.2 cm³/mol. The van der Waals surface area contributed by atoms with Crippen molar-refractivity contribution < 1.29 is 4.79 Å². The highest BCUT2D eigenvalue weighted by molar-refractivity contribution is 5.79. The first kappa shape index (κ1) is 11.9. The van der Waals surface area contributed by atoms with Gasteiger partial charge in [-0.2, -0.15) is 0 Å². The maximum atomic E-state index is 11.6. The highest BCUT2D eigenvalue weighted by Crippen LogP contribution is 2.26. The fourth-order valence-electron chi connectivity index (χ4n) is 2.63. The van der Waals surface area contributed by atoms with E-state index in [1.54, 1.807) is 0 Å². The van der Waals surface area contributed by atoms with E-state index in [2.05, 4.69) is 17.1 Å². The van der Waals surface area contributed by atoms with E-state index in [1.165, 1.54) is 32.2 Å². The van der Waals surface area contributed by atoms with Gasteiger partial charge in [-0.1, -0.05) is 12.8 Å². The average Bonchev–Trinajstić information content (AvgIpc) is 2.18. The molecule has 2 aliphatic rings. The van der Waals surface area contributed by atoms with E-state index in [9.17, 15) is 4.79 Å². The Morgan fingerprint density at radius 2 is 2.06 bits per heavy atom. The lowest BCUT2D eigenvalue weighted by molar-refractivity contribution is -0.127. The van der Waals surface area contributed by atoms with Crippen LogP contribution in [0.3, 0.4) is 0 Å². The van der Waals surface area contributed by atoms with Gasteiger partial charge in [-0.15, -0.1) is 0 Å². The Morgan fingerprint density at radius 1 is 1.25 bits per heavy atom. The highest BCUT2D eigenvalue weighted by atomic mass is 16.1. The fourth-order valence-corrected chi connectivity index (χ4v) is 2.63. The Hall–Kier alpha value is -0.570. The van der Waals surface area contributed by atoms with Gasteiger partial charge in [-0.3, -0.25) is 9.69 Å². The van der Waals surface area contributed by atoms with Crippen molar-refractivity contribution in [1.82, 2.24) is 10.2 Å². The zero-order chi connectivity index (χ0) is 11.4. The van der Waals surface area contributed by atoms with Gasteiger partial charge in [0.15, 0.2) is 0 Å². The zero-order valence-corrected chi connectivity index (χ0v) is 10.4. The summed E-state index contributed by atoms with van der Waals surface area (Å²) in [5.74, 6) is 0.620. The molecule has 1 aliphatic carbocycles. The molecule has 1 amide bonds. The van der Waals surface area contributed by atoms with Crippen LogP contribution in [0.15, 0.2) is 0 Å². The van der Waals surface area contributed by atoms with Crippen molar-refractivity contribution in [2.24, 2.45) is 5.92 Å². The number of carbonyl (C=O) groups is 1. The van der Waals surface area contributed by atoms with Crippen LogP contribution in [-0.4, -0.2) is 36.5 Å². The molecule has 0 bridgehead atoms. The number of likely N-dealkylation sites (tertiary alicyclic amines) is 1. The molecule has 3 nitrogen and oxygen atoms in total. The summed E-state index contributed by atoms with van der Waals surface area (Å²) in [4.78, 5) is 14.1. The van der Waals surface area contributed by atoms with Crippen molar-refractivity contribution in [2.45, 2.75) is 51.5 Å². The van der Waals surface area contributed by atoms with E-state index in [1.807, 2.05) is 0 Å². The minimum atomic E-state index is 0.288. The van der Waals surface area contributed by atoms with E-state index < -0.39 is 0 Å². The van der Waals surface area contributed by atoms with Gasteiger partial charge in [0.25, 0.3) is 0 Å². The van der Waals surface area contributed by atoms with E-state index in [-0.39, 0.29) is 5.91 Å². The second-order valence-electron chi connectivity index (χ2n) is 5.30. The first-order chi connectivity index (χ1) is 7.77. The van der Waals surface area contributed by atoms with Crippen LogP contribution < -0.4 is 5.32 Å². The Labute approximate surface area is 98.6 Å². The summed E-state index contributed by atoms with van der Waals surface area (Å²) in [5, 5.41) is 3.07. The lowest BCUT2D eigenvalue weighted by Crippen LogP contribution is -2.44. The van der Waals surface area contributed by atoms with E-state index in [0.29, 0.717) is 12.0 Å². The largest absolute Gasteiger partial charge is 0.355 e. The number of nitrogens with zero attached hydrogens (tertiary/aromatic N) is 1. The van der Waals surface area contributed by atoms with Crippen LogP contribution in [0.2, 0.25) is 0 Å². The number of carbonyl (C=O) groups excluding carboxylic acids is 1. The second-order valence-corrected chi connectivity index (χ2v) is 5.30. The number of amides is 1. The summed E-state index contributed by atoms with van der Waals surface area (Å²) in [6.45, 7) is 5.37. The third-order valence-electron chi connectivity index (χ3n) is 4.11. The molecule has 1 heterocycles. The Balaban J connectivity index is 1.61. The predicted octanol–water partition coefficient (Wildman–Crippen LogP) is 1.78. The van der Waals surface area contributed by atoms with Crippen LogP contribution in [-0.2, 0) is 4.79 Å². The first-order valence-corrected chi connectivity index (χ1v) is 6.79. The van der Waals surface area contributed by atoms with E-state index in [4.69, 9.17) is 0 Å². The molecular weight excluding hydrogens is 200 g/mol. The monoisotopic (exact) mass is 224 g/mol. The molecule has 3 heteroatoms. The molecule has 1 N–H and O–H groups in total. The van der Waals surface area contributed by atoms with Crippen LogP contribution in [0.5, 0.6) is 0 Å². The quantitative estimate of drug-likeness (QED) is 0.789. The maximum Gasteiger partial charge on any atom is 0.223 e. The Kier molecular flexibility index (Phi) is 4.22. The molecule has 1 aliphatic heterocycles. The van der Waals surface area contributed by atoms with Gasteiger partial charge in [0.1, 0.15) is 0 Å². The molecule has 0 aromatic heterocycles. The molecule has 1 atom stereocenters. The molecule has 2 fully saturated rings. The van der Waals surface area contributed by atoms with Crippen LogP contribution in [0.25, 0.3) is 0 Å². The third kappa shape index (κ3) is 2.97. The van der Waals surface area contributed by atoms with E-state index in [0.717, 1.165) is 25.9 Å². The molecule has 16 heavy (non-hydrogen) atoms. The summed E-state index contributed by atoms with van der Waals surface area (Å²) in [5.41, 5.74) is 0. The van der Waals surface area contributed by atoms with Crippen LogP contribution >= 0.6 is 0 Å². The lowest BCUT2D eigenvalue weighted by atomic mass is 9.85. The molecule has 1 saturated carbocycles. The third-order valence-corrected chi connectivity index (χ3v) is 4.11. The van der Waals surface area contributed by atoms with Gasteiger partial charge >= 0.3 is 0 Å². The summed E-state index contributed by atoms with van der Waals surface area (Å²) in [6.07, 6.45) is 7.45. The van der Waals surface area contributed by atoms with Crippen LogP contribution in [0, 0.1) is 5.92 Å². The Morgan fingerprint density at radius 3 is 2.69 bits per heavy atom. The molecule has 0 aromatic rings. The molecule has 0 aromatic carbocycles. The smallest absolute Gasteiger partial charge is 0.223 e. The lowest BCUT2D eigenvalue weighted by Gasteiger charge is -2.33. The SMILES string of the molecule is C[C@H]1CCCCN1CCNC(=O)C1CCC1. The number of piperidine rings is 1. The molecule has 2 rings (SSSR count). The van der Waals surface area contributed by atoms with Gasteiger partial charge < -0.3 is 5.32 Å².